The summed E-state index contributed by atoms with van der Waals surface area (Å²) in [6, 6.07) is 0. The molecule has 0 aromatic carbocycles. The summed E-state index contributed by atoms with van der Waals surface area (Å²) < 4.78 is 26.0. The first-order chi connectivity index (χ1) is 7.07. The van der Waals surface area contributed by atoms with Crippen LogP contribution in [0.3, 0.4) is 0 Å². The highest BCUT2D eigenvalue weighted by Crippen LogP contribution is 2.44. The van der Waals surface area contributed by atoms with Crippen molar-refractivity contribution >= 4 is 0 Å². The van der Waals surface area contributed by atoms with Crippen LogP contribution in [0.4, 0.5) is 8.78 Å². The standard InChI is InChI=1S/C13H22F2/c1-10-3-2-4-12(9-10)11-5-7-13(14,15)8-6-11/h10-12H,2-9H2,1H3/t10-,12?/m0/s1. The highest BCUT2D eigenvalue weighted by Gasteiger charge is 2.38. The second-order valence-corrected chi connectivity index (χ2v) is 5.73. The predicted molar refractivity (Wildman–Crippen MR) is 58.0 cm³/mol. The molecular formula is C13H22F2. The first-order valence-electron chi connectivity index (χ1n) is 6.45. The third-order valence-electron chi connectivity index (χ3n) is 4.41. The number of hydrogen-bond acceptors (Lipinski definition) is 0. The second kappa shape index (κ2) is 4.39. The number of hydrogen-bond donors (Lipinski definition) is 0. The lowest BCUT2D eigenvalue weighted by Crippen LogP contribution is -2.30. The van der Waals surface area contributed by atoms with Gasteiger partial charge in [-0.1, -0.05) is 26.2 Å². The normalized spacial score (nSPS) is 37.8. The average Bonchev–Trinajstić information content (AvgIpc) is 2.17. The topological polar surface area (TPSA) is 0 Å². The lowest BCUT2D eigenvalue weighted by atomic mass is 9.70. The monoisotopic (exact) mass is 216 g/mol. The van der Waals surface area contributed by atoms with Crippen LogP contribution >= 0.6 is 0 Å². The minimum atomic E-state index is -2.35. The van der Waals surface area contributed by atoms with Gasteiger partial charge in [0.05, 0.1) is 0 Å². The summed E-state index contributed by atoms with van der Waals surface area (Å²) in [7, 11) is 0. The van der Waals surface area contributed by atoms with Gasteiger partial charge in [-0.05, 0) is 37.0 Å². The Labute approximate surface area is 91.4 Å². The summed E-state index contributed by atoms with van der Waals surface area (Å²) in [5.41, 5.74) is 0. The van der Waals surface area contributed by atoms with Crippen LogP contribution in [0.1, 0.15) is 58.3 Å². The minimum Gasteiger partial charge on any atom is -0.207 e. The Morgan fingerprint density at radius 3 is 2.20 bits per heavy atom. The molecule has 2 saturated carbocycles. The number of alkyl halides is 2. The van der Waals surface area contributed by atoms with Crippen LogP contribution in [-0.4, -0.2) is 5.92 Å². The zero-order valence-corrected chi connectivity index (χ0v) is 9.64. The van der Waals surface area contributed by atoms with Crippen molar-refractivity contribution in [1.82, 2.24) is 0 Å². The molecule has 0 amide bonds. The van der Waals surface area contributed by atoms with E-state index in [-0.39, 0.29) is 12.8 Å². The van der Waals surface area contributed by atoms with E-state index in [1.165, 1.54) is 25.7 Å². The molecule has 2 aliphatic rings. The molecule has 2 rings (SSSR count). The molecule has 0 saturated heterocycles. The first-order valence-corrected chi connectivity index (χ1v) is 6.45. The van der Waals surface area contributed by atoms with E-state index in [0.717, 1.165) is 24.7 Å². The third kappa shape index (κ3) is 2.92. The van der Waals surface area contributed by atoms with Crippen molar-refractivity contribution < 1.29 is 8.78 Å². The lowest BCUT2D eigenvalue weighted by molar-refractivity contribution is -0.0552. The van der Waals surface area contributed by atoms with Crippen molar-refractivity contribution in [3.8, 4) is 0 Å². The summed E-state index contributed by atoms with van der Waals surface area (Å²) in [6.07, 6.45) is 7.06. The van der Waals surface area contributed by atoms with Gasteiger partial charge in [0.25, 0.3) is 0 Å². The summed E-state index contributed by atoms with van der Waals surface area (Å²) >= 11 is 0. The smallest absolute Gasteiger partial charge is 0.207 e. The highest BCUT2D eigenvalue weighted by molar-refractivity contribution is 4.84. The molecule has 2 fully saturated rings. The average molecular weight is 216 g/mol. The molecule has 1 unspecified atom stereocenters. The molecule has 88 valence electrons. The van der Waals surface area contributed by atoms with Crippen LogP contribution in [0.5, 0.6) is 0 Å². The van der Waals surface area contributed by atoms with Gasteiger partial charge in [-0.3, -0.25) is 0 Å². The fraction of sp³-hybridized carbons (Fsp3) is 1.00. The van der Waals surface area contributed by atoms with E-state index in [0.29, 0.717) is 5.92 Å². The first kappa shape index (κ1) is 11.3. The zero-order chi connectivity index (χ0) is 10.9. The van der Waals surface area contributed by atoms with Gasteiger partial charge in [-0.15, -0.1) is 0 Å². The minimum absolute atomic E-state index is 0.141. The van der Waals surface area contributed by atoms with Crippen molar-refractivity contribution in [2.75, 3.05) is 0 Å². The highest BCUT2D eigenvalue weighted by atomic mass is 19.3. The van der Waals surface area contributed by atoms with Gasteiger partial charge in [0.15, 0.2) is 0 Å². The van der Waals surface area contributed by atoms with Crippen LogP contribution in [0, 0.1) is 17.8 Å². The molecule has 0 heterocycles. The Morgan fingerprint density at radius 2 is 1.60 bits per heavy atom. The van der Waals surface area contributed by atoms with Crippen LogP contribution in [-0.2, 0) is 0 Å². The molecule has 0 N–H and O–H groups in total. The fourth-order valence-electron chi connectivity index (χ4n) is 3.44. The molecule has 0 bridgehead atoms. The summed E-state index contributed by atoms with van der Waals surface area (Å²) in [5.74, 6) is -0.167. The maximum absolute atomic E-state index is 13.0. The molecule has 2 heteroatoms. The second-order valence-electron chi connectivity index (χ2n) is 5.73. The van der Waals surface area contributed by atoms with Gasteiger partial charge in [0, 0.05) is 12.8 Å². The van der Waals surface area contributed by atoms with Gasteiger partial charge >= 0.3 is 0 Å². The Balaban J connectivity index is 1.84. The van der Waals surface area contributed by atoms with Gasteiger partial charge in [-0.2, -0.15) is 0 Å². The van der Waals surface area contributed by atoms with E-state index in [4.69, 9.17) is 0 Å². The van der Waals surface area contributed by atoms with Crippen molar-refractivity contribution in [3.63, 3.8) is 0 Å². The molecule has 0 aliphatic heterocycles. The quantitative estimate of drug-likeness (QED) is 0.599. The van der Waals surface area contributed by atoms with E-state index in [9.17, 15) is 8.78 Å². The molecule has 0 nitrogen and oxygen atoms in total. The van der Waals surface area contributed by atoms with Crippen molar-refractivity contribution in [2.45, 2.75) is 64.2 Å². The number of halogens is 2. The van der Waals surface area contributed by atoms with Gasteiger partial charge in [-0.25, -0.2) is 8.78 Å². The zero-order valence-electron chi connectivity index (χ0n) is 9.64. The van der Waals surface area contributed by atoms with Crippen LogP contribution in [0.2, 0.25) is 0 Å². The van der Waals surface area contributed by atoms with Gasteiger partial charge < -0.3 is 0 Å². The molecule has 2 aliphatic carbocycles. The molecule has 0 spiro atoms. The van der Waals surface area contributed by atoms with Crippen molar-refractivity contribution in [1.29, 1.82) is 0 Å². The largest absolute Gasteiger partial charge is 0.248 e. The fourth-order valence-corrected chi connectivity index (χ4v) is 3.44. The van der Waals surface area contributed by atoms with Crippen LogP contribution in [0.15, 0.2) is 0 Å². The van der Waals surface area contributed by atoms with E-state index in [2.05, 4.69) is 6.92 Å². The molecule has 15 heavy (non-hydrogen) atoms. The molecule has 2 atom stereocenters. The molecule has 0 radical (unpaired) electrons. The van der Waals surface area contributed by atoms with Gasteiger partial charge in [0.2, 0.25) is 5.92 Å². The third-order valence-corrected chi connectivity index (χ3v) is 4.41. The predicted octanol–water partition coefficient (Wildman–Crippen LogP) is 4.64. The Hall–Kier alpha value is -0.140. The van der Waals surface area contributed by atoms with E-state index < -0.39 is 5.92 Å². The summed E-state index contributed by atoms with van der Waals surface area (Å²) in [4.78, 5) is 0. The Bertz CT molecular complexity index is 203. The van der Waals surface area contributed by atoms with Gasteiger partial charge in [0.1, 0.15) is 0 Å². The SMILES string of the molecule is C[C@H]1CCCC(C2CCC(F)(F)CC2)C1. The van der Waals surface area contributed by atoms with E-state index >= 15 is 0 Å². The van der Waals surface area contributed by atoms with Crippen molar-refractivity contribution in [3.05, 3.63) is 0 Å². The van der Waals surface area contributed by atoms with Crippen molar-refractivity contribution in [2.24, 2.45) is 17.8 Å². The van der Waals surface area contributed by atoms with Crippen LogP contribution in [0.25, 0.3) is 0 Å². The van der Waals surface area contributed by atoms with Crippen LogP contribution < -0.4 is 0 Å². The van der Waals surface area contributed by atoms with E-state index in [1.54, 1.807) is 0 Å². The Morgan fingerprint density at radius 1 is 0.933 bits per heavy atom. The maximum atomic E-state index is 13.0. The number of rotatable bonds is 1. The Kier molecular flexibility index (Phi) is 3.32. The lowest BCUT2D eigenvalue weighted by Gasteiger charge is -2.37. The maximum Gasteiger partial charge on any atom is 0.248 e. The molecule has 0 aromatic rings. The summed E-state index contributed by atoms with van der Waals surface area (Å²) in [5, 5.41) is 0. The summed E-state index contributed by atoms with van der Waals surface area (Å²) in [6.45, 7) is 2.31. The molecule has 0 aromatic heterocycles. The van der Waals surface area contributed by atoms with E-state index in [1.807, 2.05) is 0 Å². The molecular weight excluding hydrogens is 194 g/mol.